The van der Waals surface area contributed by atoms with Gasteiger partial charge in [-0.15, -0.1) is 0 Å². The quantitative estimate of drug-likeness (QED) is 0.330. The standard InChI is InChI=1S/C23H28F2N2O7/c1-4-33-23(32)19-21(34-8-7-13(2)3)20(30)16(11-27(19)12-18(28)29)22(31)26-10-14-5-6-15(24)9-17(14)25/h5-6,9,11,13,18,28-29H,4,7-8,10,12H2,1-3H3,(H,26,31). The number of pyridine rings is 1. The Bertz CT molecular complexity index is 1080. The van der Waals surface area contributed by atoms with Crippen LogP contribution in [0.15, 0.2) is 29.2 Å². The number of aliphatic hydroxyl groups is 2. The summed E-state index contributed by atoms with van der Waals surface area (Å²) in [4.78, 5) is 38.5. The number of amides is 1. The minimum Gasteiger partial charge on any atom is -0.487 e. The molecule has 2 rings (SSSR count). The van der Waals surface area contributed by atoms with E-state index in [9.17, 15) is 33.4 Å². The van der Waals surface area contributed by atoms with Gasteiger partial charge in [0.25, 0.3) is 5.91 Å². The Morgan fingerprint density at radius 3 is 2.50 bits per heavy atom. The predicted octanol–water partition coefficient (Wildman–Crippen LogP) is 1.97. The molecule has 0 saturated carbocycles. The highest BCUT2D eigenvalue weighted by Crippen LogP contribution is 2.19. The van der Waals surface area contributed by atoms with E-state index in [-0.39, 0.29) is 36.9 Å². The molecule has 0 bridgehead atoms. The largest absolute Gasteiger partial charge is 0.487 e. The van der Waals surface area contributed by atoms with Crippen molar-refractivity contribution in [2.75, 3.05) is 13.2 Å². The van der Waals surface area contributed by atoms with Crippen molar-refractivity contribution in [3.63, 3.8) is 0 Å². The summed E-state index contributed by atoms with van der Waals surface area (Å²) in [5, 5.41) is 21.3. The van der Waals surface area contributed by atoms with Gasteiger partial charge in [0.1, 0.15) is 17.2 Å². The first kappa shape index (κ1) is 26.9. The van der Waals surface area contributed by atoms with Crippen molar-refractivity contribution in [1.82, 2.24) is 9.88 Å². The first-order chi connectivity index (χ1) is 16.0. The first-order valence-corrected chi connectivity index (χ1v) is 10.7. The van der Waals surface area contributed by atoms with E-state index >= 15 is 0 Å². The summed E-state index contributed by atoms with van der Waals surface area (Å²) in [6.45, 7) is 4.51. The van der Waals surface area contributed by atoms with Crippen molar-refractivity contribution in [1.29, 1.82) is 0 Å². The molecule has 186 valence electrons. The number of benzene rings is 1. The maximum Gasteiger partial charge on any atom is 0.359 e. The fourth-order valence-corrected chi connectivity index (χ4v) is 3.00. The predicted molar refractivity (Wildman–Crippen MR) is 117 cm³/mol. The average molecular weight is 482 g/mol. The maximum atomic E-state index is 13.9. The van der Waals surface area contributed by atoms with Crippen LogP contribution < -0.4 is 15.5 Å². The summed E-state index contributed by atoms with van der Waals surface area (Å²) in [6, 6.07) is 2.83. The Balaban J connectivity index is 2.49. The smallest absolute Gasteiger partial charge is 0.359 e. The molecule has 2 aromatic rings. The van der Waals surface area contributed by atoms with E-state index in [1.165, 1.54) is 0 Å². The maximum absolute atomic E-state index is 13.9. The Morgan fingerprint density at radius 1 is 1.21 bits per heavy atom. The second-order valence-corrected chi connectivity index (χ2v) is 7.85. The molecule has 34 heavy (non-hydrogen) atoms. The van der Waals surface area contributed by atoms with Crippen molar-refractivity contribution in [3.8, 4) is 5.75 Å². The summed E-state index contributed by atoms with van der Waals surface area (Å²) < 4.78 is 38.5. The SMILES string of the molecule is CCOC(=O)c1c(OCCC(C)C)c(=O)c(C(=O)NCc2ccc(F)cc2F)cn1CC(O)O. The zero-order valence-corrected chi connectivity index (χ0v) is 19.1. The highest BCUT2D eigenvalue weighted by Gasteiger charge is 2.27. The molecular formula is C23H28F2N2O7. The number of carbonyl (C=O) groups is 2. The molecule has 1 amide bonds. The molecule has 0 aliphatic carbocycles. The summed E-state index contributed by atoms with van der Waals surface area (Å²) in [5.74, 6) is -3.80. The third-order valence-electron chi connectivity index (χ3n) is 4.71. The number of esters is 1. The van der Waals surface area contributed by atoms with Gasteiger partial charge in [0, 0.05) is 24.4 Å². The Kier molecular flexibility index (Phi) is 9.69. The van der Waals surface area contributed by atoms with Crippen molar-refractivity contribution in [2.24, 2.45) is 5.92 Å². The van der Waals surface area contributed by atoms with Crippen LogP contribution >= 0.6 is 0 Å². The molecule has 0 spiro atoms. The third-order valence-corrected chi connectivity index (χ3v) is 4.71. The molecule has 0 unspecified atom stereocenters. The van der Waals surface area contributed by atoms with Crippen LogP contribution in [-0.4, -0.2) is 46.2 Å². The van der Waals surface area contributed by atoms with Gasteiger partial charge in [-0.2, -0.15) is 0 Å². The van der Waals surface area contributed by atoms with Gasteiger partial charge < -0.3 is 29.6 Å². The minimum atomic E-state index is -1.93. The van der Waals surface area contributed by atoms with Gasteiger partial charge >= 0.3 is 5.97 Å². The van der Waals surface area contributed by atoms with Gasteiger partial charge in [-0.25, -0.2) is 13.6 Å². The van der Waals surface area contributed by atoms with Gasteiger partial charge in [-0.3, -0.25) is 9.59 Å². The van der Waals surface area contributed by atoms with Crippen LogP contribution in [-0.2, 0) is 17.8 Å². The molecule has 3 N–H and O–H groups in total. The third kappa shape index (κ3) is 7.09. The molecule has 1 aromatic heterocycles. The Labute approximate surface area is 194 Å². The number of nitrogens with one attached hydrogen (secondary N) is 1. The van der Waals surface area contributed by atoms with Gasteiger partial charge in [-0.1, -0.05) is 19.9 Å². The van der Waals surface area contributed by atoms with Crippen LogP contribution in [0.4, 0.5) is 8.78 Å². The summed E-state index contributed by atoms with van der Waals surface area (Å²) in [6.07, 6.45) is -0.423. The number of nitrogens with zero attached hydrogens (tertiary/aromatic N) is 1. The number of aliphatic hydroxyl groups excluding tert-OH is 1. The topological polar surface area (TPSA) is 127 Å². The number of hydrogen-bond acceptors (Lipinski definition) is 7. The molecule has 1 heterocycles. The Hall–Kier alpha value is -3.31. The second-order valence-electron chi connectivity index (χ2n) is 7.85. The molecule has 0 aliphatic heterocycles. The van der Waals surface area contributed by atoms with Crippen LogP contribution in [0.3, 0.4) is 0 Å². The number of rotatable bonds is 11. The first-order valence-electron chi connectivity index (χ1n) is 10.7. The Morgan fingerprint density at radius 2 is 1.91 bits per heavy atom. The lowest BCUT2D eigenvalue weighted by Crippen LogP contribution is -2.33. The van der Waals surface area contributed by atoms with Crippen molar-refractivity contribution >= 4 is 11.9 Å². The molecule has 0 aliphatic rings. The number of carbonyl (C=O) groups excluding carboxylic acids is 2. The second kappa shape index (κ2) is 12.2. The van der Waals surface area contributed by atoms with Gasteiger partial charge in [0.2, 0.25) is 5.43 Å². The lowest BCUT2D eigenvalue weighted by molar-refractivity contribution is -0.0519. The van der Waals surface area contributed by atoms with E-state index in [1.54, 1.807) is 6.92 Å². The lowest BCUT2D eigenvalue weighted by atomic mass is 10.1. The van der Waals surface area contributed by atoms with Gasteiger partial charge in [0.15, 0.2) is 17.7 Å². The minimum absolute atomic E-state index is 0.0163. The van der Waals surface area contributed by atoms with Crippen LogP contribution in [0.5, 0.6) is 5.75 Å². The summed E-state index contributed by atoms with van der Waals surface area (Å²) in [5.41, 5.74) is -1.79. The number of halogens is 2. The highest BCUT2D eigenvalue weighted by molar-refractivity contribution is 5.96. The normalized spacial score (nSPS) is 11.1. The van der Waals surface area contributed by atoms with Gasteiger partial charge in [-0.05, 0) is 25.3 Å². The zero-order chi connectivity index (χ0) is 25.4. The summed E-state index contributed by atoms with van der Waals surface area (Å²) >= 11 is 0. The van der Waals surface area contributed by atoms with Crippen LogP contribution in [0.25, 0.3) is 0 Å². The van der Waals surface area contributed by atoms with Crippen molar-refractivity contribution in [2.45, 2.75) is 46.6 Å². The number of aromatic nitrogens is 1. The molecule has 0 fully saturated rings. The van der Waals surface area contributed by atoms with E-state index in [4.69, 9.17) is 9.47 Å². The molecular weight excluding hydrogens is 454 g/mol. The molecule has 1 aromatic carbocycles. The molecule has 11 heteroatoms. The molecule has 9 nitrogen and oxygen atoms in total. The van der Waals surface area contributed by atoms with Crippen LogP contribution in [0.1, 0.15) is 53.6 Å². The summed E-state index contributed by atoms with van der Waals surface area (Å²) in [7, 11) is 0. The highest BCUT2D eigenvalue weighted by atomic mass is 19.1. The van der Waals surface area contributed by atoms with Gasteiger partial charge in [0.05, 0.1) is 19.8 Å². The van der Waals surface area contributed by atoms with Crippen molar-refractivity contribution in [3.05, 3.63) is 63.1 Å². The molecule has 0 radical (unpaired) electrons. The number of hydrogen-bond donors (Lipinski definition) is 3. The molecule has 0 saturated heterocycles. The van der Waals surface area contributed by atoms with Crippen molar-refractivity contribution < 1.29 is 38.1 Å². The van der Waals surface area contributed by atoms with E-state index in [0.29, 0.717) is 12.5 Å². The zero-order valence-electron chi connectivity index (χ0n) is 19.1. The lowest BCUT2D eigenvalue weighted by Gasteiger charge is -2.19. The van der Waals surface area contributed by atoms with E-state index < -0.39 is 53.1 Å². The van der Waals surface area contributed by atoms with E-state index in [2.05, 4.69) is 5.32 Å². The monoisotopic (exact) mass is 482 g/mol. The fraction of sp³-hybridized carbons (Fsp3) is 0.435. The van der Waals surface area contributed by atoms with E-state index in [0.717, 1.165) is 22.9 Å². The number of ether oxygens (including phenoxy) is 2. The molecule has 0 atom stereocenters. The average Bonchev–Trinajstić information content (AvgIpc) is 2.74. The van der Waals surface area contributed by atoms with Crippen LogP contribution in [0.2, 0.25) is 0 Å². The van der Waals surface area contributed by atoms with E-state index in [1.807, 2.05) is 13.8 Å². The van der Waals surface area contributed by atoms with Crippen LogP contribution in [0, 0.1) is 17.6 Å². The fourth-order valence-electron chi connectivity index (χ4n) is 3.00.